The number of aryl methyl sites for hydroxylation is 2. The number of nitrogens with one attached hydrogen (secondary N) is 2. The molecule has 0 spiro atoms. The predicted octanol–water partition coefficient (Wildman–Crippen LogP) is 5.26. The van der Waals surface area contributed by atoms with Crippen molar-refractivity contribution in [1.82, 2.24) is 15.0 Å². The van der Waals surface area contributed by atoms with Gasteiger partial charge in [0.2, 0.25) is 17.2 Å². The van der Waals surface area contributed by atoms with Gasteiger partial charge in [0, 0.05) is 10.2 Å². The molecule has 0 saturated carbocycles. The Labute approximate surface area is 164 Å². The lowest BCUT2D eigenvalue weighted by Gasteiger charge is -2.12. The Hall–Kier alpha value is -2.69. The molecule has 3 aromatic rings. The molecule has 3 rings (SSSR count). The van der Waals surface area contributed by atoms with Crippen LogP contribution in [0.25, 0.3) is 0 Å². The molecule has 130 valence electrons. The molecule has 0 aliphatic heterocycles. The van der Waals surface area contributed by atoms with Crippen LogP contribution in [0.4, 0.5) is 23.3 Å². The van der Waals surface area contributed by atoms with Gasteiger partial charge in [-0.2, -0.15) is 20.2 Å². The summed E-state index contributed by atoms with van der Waals surface area (Å²) in [7, 11) is 0. The number of nitrogens with zero attached hydrogens (tertiary/aromatic N) is 4. The van der Waals surface area contributed by atoms with Crippen LogP contribution in [0.1, 0.15) is 16.7 Å². The van der Waals surface area contributed by atoms with E-state index in [4.69, 9.17) is 16.9 Å². The molecule has 0 bridgehead atoms. The number of hydrogen-bond acceptors (Lipinski definition) is 6. The molecular formula is C18H14BrClN6. The summed E-state index contributed by atoms with van der Waals surface area (Å²) in [6, 6.07) is 13.1. The minimum atomic E-state index is 0.0690. The van der Waals surface area contributed by atoms with Gasteiger partial charge in [-0.3, -0.25) is 0 Å². The van der Waals surface area contributed by atoms with Gasteiger partial charge in [0.15, 0.2) is 0 Å². The topological polar surface area (TPSA) is 86.5 Å². The smallest absolute Gasteiger partial charge is 0.233 e. The number of benzene rings is 2. The van der Waals surface area contributed by atoms with Crippen LogP contribution in [0.3, 0.4) is 0 Å². The lowest BCUT2D eigenvalue weighted by molar-refractivity contribution is 1.06. The molecule has 0 atom stereocenters. The minimum Gasteiger partial charge on any atom is -0.324 e. The van der Waals surface area contributed by atoms with Crippen LogP contribution in [0, 0.1) is 25.2 Å². The zero-order valence-corrected chi connectivity index (χ0v) is 16.4. The van der Waals surface area contributed by atoms with E-state index in [1.54, 1.807) is 24.3 Å². The molecule has 0 fully saturated rings. The maximum absolute atomic E-state index is 8.86. The molecule has 0 amide bonds. The van der Waals surface area contributed by atoms with Gasteiger partial charge in [0.25, 0.3) is 0 Å². The Morgan fingerprint density at radius 1 is 1.00 bits per heavy atom. The first-order chi connectivity index (χ1) is 12.4. The second kappa shape index (κ2) is 7.68. The molecule has 1 aromatic heterocycles. The Balaban J connectivity index is 1.87. The molecule has 6 nitrogen and oxygen atoms in total. The number of halogens is 2. The molecule has 2 N–H and O–H groups in total. The van der Waals surface area contributed by atoms with Crippen LogP contribution in [0.5, 0.6) is 0 Å². The molecular weight excluding hydrogens is 416 g/mol. The van der Waals surface area contributed by atoms with Gasteiger partial charge in [-0.25, -0.2) is 0 Å². The van der Waals surface area contributed by atoms with E-state index in [0.29, 0.717) is 17.5 Å². The average Bonchev–Trinajstić information content (AvgIpc) is 2.58. The summed E-state index contributed by atoms with van der Waals surface area (Å²) >= 11 is 9.59. The third-order valence-corrected chi connectivity index (χ3v) is 4.34. The molecule has 0 saturated heterocycles. The average molecular weight is 430 g/mol. The van der Waals surface area contributed by atoms with Crippen LogP contribution in [0.15, 0.2) is 40.9 Å². The predicted molar refractivity (Wildman–Crippen MR) is 106 cm³/mol. The maximum Gasteiger partial charge on any atom is 0.233 e. The molecule has 0 radical (unpaired) electrons. The van der Waals surface area contributed by atoms with E-state index >= 15 is 0 Å². The number of anilines is 4. The van der Waals surface area contributed by atoms with Gasteiger partial charge in [-0.1, -0.05) is 6.07 Å². The molecule has 0 aliphatic carbocycles. The highest BCUT2D eigenvalue weighted by Gasteiger charge is 2.10. The van der Waals surface area contributed by atoms with Crippen molar-refractivity contribution in [2.75, 3.05) is 10.6 Å². The van der Waals surface area contributed by atoms with Crippen molar-refractivity contribution in [2.24, 2.45) is 0 Å². The third-order valence-electron chi connectivity index (χ3n) is 3.55. The van der Waals surface area contributed by atoms with Crippen LogP contribution in [0.2, 0.25) is 5.28 Å². The quantitative estimate of drug-likeness (QED) is 0.588. The van der Waals surface area contributed by atoms with Crippen molar-refractivity contribution in [1.29, 1.82) is 5.26 Å². The van der Waals surface area contributed by atoms with Crippen molar-refractivity contribution >= 4 is 50.8 Å². The first-order valence-electron chi connectivity index (χ1n) is 7.67. The van der Waals surface area contributed by atoms with Crippen molar-refractivity contribution in [3.63, 3.8) is 0 Å². The number of hydrogen-bond donors (Lipinski definition) is 2. The highest BCUT2D eigenvalue weighted by molar-refractivity contribution is 9.10. The second-order valence-corrected chi connectivity index (χ2v) is 6.82. The van der Waals surface area contributed by atoms with Gasteiger partial charge in [-0.15, -0.1) is 0 Å². The summed E-state index contributed by atoms with van der Waals surface area (Å²) in [6.45, 7) is 4.03. The zero-order valence-electron chi connectivity index (χ0n) is 14.0. The Morgan fingerprint density at radius 3 is 2.27 bits per heavy atom. The second-order valence-electron chi connectivity index (χ2n) is 5.63. The summed E-state index contributed by atoms with van der Waals surface area (Å²) in [5.41, 5.74) is 4.38. The summed E-state index contributed by atoms with van der Waals surface area (Å²) in [6.07, 6.45) is 0. The van der Waals surface area contributed by atoms with E-state index in [1.807, 2.05) is 19.9 Å². The molecule has 0 aliphatic rings. The monoisotopic (exact) mass is 428 g/mol. The van der Waals surface area contributed by atoms with E-state index in [-0.39, 0.29) is 5.28 Å². The number of aromatic nitrogens is 3. The van der Waals surface area contributed by atoms with E-state index in [1.165, 1.54) is 0 Å². The Bertz CT molecular complexity index is 975. The summed E-state index contributed by atoms with van der Waals surface area (Å²) in [5.74, 6) is 0.631. The lowest BCUT2D eigenvalue weighted by atomic mass is 10.1. The maximum atomic E-state index is 8.86. The van der Waals surface area contributed by atoms with Crippen molar-refractivity contribution < 1.29 is 0 Å². The van der Waals surface area contributed by atoms with E-state index in [9.17, 15) is 0 Å². The fourth-order valence-electron chi connectivity index (χ4n) is 2.40. The van der Waals surface area contributed by atoms with E-state index in [2.05, 4.69) is 53.7 Å². The van der Waals surface area contributed by atoms with Crippen LogP contribution >= 0.6 is 27.5 Å². The molecule has 26 heavy (non-hydrogen) atoms. The van der Waals surface area contributed by atoms with Gasteiger partial charge >= 0.3 is 0 Å². The van der Waals surface area contributed by atoms with Crippen LogP contribution in [-0.2, 0) is 0 Å². The highest BCUT2D eigenvalue weighted by Crippen LogP contribution is 2.30. The molecule has 0 unspecified atom stereocenters. The fourth-order valence-corrected chi connectivity index (χ4v) is 3.34. The van der Waals surface area contributed by atoms with Crippen LogP contribution in [-0.4, -0.2) is 15.0 Å². The molecule has 8 heteroatoms. The van der Waals surface area contributed by atoms with Crippen molar-refractivity contribution in [3.05, 3.63) is 62.8 Å². The van der Waals surface area contributed by atoms with Gasteiger partial charge in [-0.05, 0) is 82.8 Å². The number of rotatable bonds is 4. The van der Waals surface area contributed by atoms with Gasteiger partial charge in [0.05, 0.1) is 17.3 Å². The van der Waals surface area contributed by atoms with Crippen molar-refractivity contribution in [2.45, 2.75) is 13.8 Å². The lowest BCUT2D eigenvalue weighted by Crippen LogP contribution is -2.05. The van der Waals surface area contributed by atoms with E-state index in [0.717, 1.165) is 27.0 Å². The van der Waals surface area contributed by atoms with Gasteiger partial charge in [0.1, 0.15) is 0 Å². The summed E-state index contributed by atoms with van der Waals surface area (Å²) in [4.78, 5) is 12.6. The van der Waals surface area contributed by atoms with E-state index < -0.39 is 0 Å². The molecule has 1 heterocycles. The third kappa shape index (κ3) is 4.28. The summed E-state index contributed by atoms with van der Waals surface area (Å²) < 4.78 is 0.910. The van der Waals surface area contributed by atoms with Crippen LogP contribution < -0.4 is 10.6 Å². The first kappa shape index (κ1) is 18.1. The first-order valence-corrected chi connectivity index (χ1v) is 8.84. The SMILES string of the molecule is Cc1cc(C)c(Nc2nc(Cl)nc(Nc3ccc(C#N)cc3)n2)c(Br)c1. The zero-order chi connectivity index (χ0) is 18.7. The Kier molecular flexibility index (Phi) is 5.35. The van der Waals surface area contributed by atoms with Gasteiger partial charge < -0.3 is 10.6 Å². The number of nitriles is 1. The minimum absolute atomic E-state index is 0.0690. The normalized spacial score (nSPS) is 10.3. The largest absolute Gasteiger partial charge is 0.324 e. The standard InChI is InChI=1S/C18H14BrClN6/c1-10-7-11(2)15(14(19)8-10)23-18-25-16(20)24-17(26-18)22-13-5-3-12(9-21)4-6-13/h3-8H,1-2H3,(H2,22,23,24,25,26). The molecule has 2 aromatic carbocycles. The van der Waals surface area contributed by atoms with Crippen molar-refractivity contribution in [3.8, 4) is 6.07 Å². The fraction of sp³-hybridized carbons (Fsp3) is 0.111. The Morgan fingerprint density at radius 2 is 1.65 bits per heavy atom. The highest BCUT2D eigenvalue weighted by atomic mass is 79.9. The summed E-state index contributed by atoms with van der Waals surface area (Å²) in [5, 5.41) is 15.2.